The van der Waals surface area contributed by atoms with Gasteiger partial charge in [0.1, 0.15) is 0 Å². The van der Waals surface area contributed by atoms with Crippen LogP contribution in [0.25, 0.3) is 0 Å². The molecule has 4 nitrogen and oxygen atoms in total. The van der Waals surface area contributed by atoms with Crippen molar-refractivity contribution < 1.29 is 8.42 Å². The number of piperidine rings is 1. The first-order valence-electron chi connectivity index (χ1n) is 8.21. The lowest BCUT2D eigenvalue weighted by molar-refractivity contribution is 0.318. The highest BCUT2D eigenvalue weighted by Gasteiger charge is 2.27. The van der Waals surface area contributed by atoms with Gasteiger partial charge in [0.25, 0.3) is 0 Å². The average molecular weight is 305 g/mol. The van der Waals surface area contributed by atoms with E-state index in [-0.39, 0.29) is 6.04 Å². The Morgan fingerprint density at radius 3 is 2.45 bits per heavy atom. The highest BCUT2D eigenvalue weighted by molar-refractivity contribution is 7.89. The third-order valence-electron chi connectivity index (χ3n) is 4.41. The van der Waals surface area contributed by atoms with Crippen molar-refractivity contribution >= 4 is 10.0 Å². The maximum atomic E-state index is 12.6. The lowest BCUT2D eigenvalue weighted by Crippen LogP contribution is -2.41. The molecule has 0 aromatic heterocycles. The Labute approximate surface area is 125 Å². The van der Waals surface area contributed by atoms with E-state index in [1.165, 1.54) is 0 Å². The zero-order valence-electron chi connectivity index (χ0n) is 13.4. The molecular weight excluding hydrogens is 272 g/mol. The maximum Gasteiger partial charge on any atom is 0.214 e. The average Bonchev–Trinajstić information content (AvgIpc) is 2.46. The lowest BCUT2D eigenvalue weighted by Gasteiger charge is -2.29. The SMILES string of the molecule is CCCCN(C(C)CC)S(=O)(=O)CCC1CCNCC1. The van der Waals surface area contributed by atoms with Crippen LogP contribution < -0.4 is 5.32 Å². The molecule has 1 unspecified atom stereocenters. The molecule has 0 saturated carbocycles. The van der Waals surface area contributed by atoms with Gasteiger partial charge in [-0.15, -0.1) is 0 Å². The number of nitrogens with zero attached hydrogens (tertiary/aromatic N) is 1. The van der Waals surface area contributed by atoms with Gasteiger partial charge < -0.3 is 5.32 Å². The molecule has 1 aliphatic heterocycles. The summed E-state index contributed by atoms with van der Waals surface area (Å²) >= 11 is 0. The maximum absolute atomic E-state index is 12.6. The van der Waals surface area contributed by atoms with Gasteiger partial charge in [0.2, 0.25) is 10.0 Å². The van der Waals surface area contributed by atoms with Gasteiger partial charge in [-0.3, -0.25) is 0 Å². The number of sulfonamides is 1. The second kappa shape index (κ2) is 9.00. The van der Waals surface area contributed by atoms with E-state index >= 15 is 0 Å². The van der Waals surface area contributed by atoms with Crippen molar-refractivity contribution in [2.75, 3.05) is 25.4 Å². The molecule has 1 rings (SSSR count). The van der Waals surface area contributed by atoms with Crippen LogP contribution in [-0.2, 0) is 10.0 Å². The van der Waals surface area contributed by atoms with Crippen LogP contribution in [-0.4, -0.2) is 44.2 Å². The monoisotopic (exact) mass is 304 g/mol. The summed E-state index contributed by atoms with van der Waals surface area (Å²) in [6.45, 7) is 8.95. The van der Waals surface area contributed by atoms with Gasteiger partial charge in [-0.1, -0.05) is 20.3 Å². The number of nitrogens with one attached hydrogen (secondary N) is 1. The van der Waals surface area contributed by atoms with Crippen LogP contribution in [0.4, 0.5) is 0 Å². The van der Waals surface area contributed by atoms with Crippen LogP contribution in [0.5, 0.6) is 0 Å². The predicted octanol–water partition coefficient (Wildman–Crippen LogP) is 2.61. The fourth-order valence-corrected chi connectivity index (χ4v) is 4.72. The predicted molar refractivity (Wildman–Crippen MR) is 85.4 cm³/mol. The summed E-state index contributed by atoms with van der Waals surface area (Å²) in [6.07, 6.45) is 5.94. The molecule has 5 heteroatoms. The van der Waals surface area contributed by atoms with Gasteiger partial charge >= 0.3 is 0 Å². The van der Waals surface area contributed by atoms with E-state index in [9.17, 15) is 8.42 Å². The Hall–Kier alpha value is -0.130. The summed E-state index contributed by atoms with van der Waals surface area (Å²) in [5.74, 6) is 0.905. The Balaban J connectivity index is 2.56. The first-order chi connectivity index (χ1) is 9.51. The molecule has 20 heavy (non-hydrogen) atoms. The first kappa shape index (κ1) is 17.9. The van der Waals surface area contributed by atoms with Gasteiger partial charge in [0, 0.05) is 12.6 Å². The van der Waals surface area contributed by atoms with E-state index in [0.29, 0.717) is 18.2 Å². The number of hydrogen-bond acceptors (Lipinski definition) is 3. The van der Waals surface area contributed by atoms with Crippen molar-refractivity contribution in [3.63, 3.8) is 0 Å². The lowest BCUT2D eigenvalue weighted by atomic mass is 9.96. The summed E-state index contributed by atoms with van der Waals surface area (Å²) in [7, 11) is -3.09. The van der Waals surface area contributed by atoms with Gasteiger partial charge in [0.15, 0.2) is 0 Å². The summed E-state index contributed by atoms with van der Waals surface area (Å²) in [6, 6.07) is 0.125. The van der Waals surface area contributed by atoms with Crippen LogP contribution in [0.15, 0.2) is 0 Å². The van der Waals surface area contributed by atoms with E-state index in [2.05, 4.69) is 19.2 Å². The third-order valence-corrected chi connectivity index (χ3v) is 6.42. The Morgan fingerprint density at radius 1 is 1.25 bits per heavy atom. The molecule has 0 amide bonds. The number of hydrogen-bond donors (Lipinski definition) is 1. The van der Waals surface area contributed by atoms with Gasteiger partial charge in [0.05, 0.1) is 5.75 Å². The van der Waals surface area contributed by atoms with Crippen LogP contribution in [0, 0.1) is 5.92 Å². The minimum Gasteiger partial charge on any atom is -0.317 e. The Morgan fingerprint density at radius 2 is 1.90 bits per heavy atom. The van der Waals surface area contributed by atoms with Crippen molar-refractivity contribution in [3.8, 4) is 0 Å². The van der Waals surface area contributed by atoms with Crippen molar-refractivity contribution in [1.82, 2.24) is 9.62 Å². The standard InChI is InChI=1S/C15H32N2O2S/c1-4-6-12-17(14(3)5-2)20(18,19)13-9-15-7-10-16-11-8-15/h14-16H,4-13H2,1-3H3. The van der Waals surface area contributed by atoms with E-state index in [1.807, 2.05) is 6.92 Å². The minimum atomic E-state index is -3.09. The van der Waals surface area contributed by atoms with Gasteiger partial charge in [-0.05, 0) is 58.0 Å². The molecule has 1 N–H and O–H groups in total. The zero-order valence-corrected chi connectivity index (χ0v) is 14.2. The normalized spacial score (nSPS) is 19.4. The summed E-state index contributed by atoms with van der Waals surface area (Å²) in [5.41, 5.74) is 0. The summed E-state index contributed by atoms with van der Waals surface area (Å²) in [5, 5.41) is 3.33. The van der Waals surface area contributed by atoms with E-state index in [1.54, 1.807) is 4.31 Å². The van der Waals surface area contributed by atoms with Gasteiger partial charge in [-0.25, -0.2) is 8.42 Å². The largest absolute Gasteiger partial charge is 0.317 e. The van der Waals surface area contributed by atoms with Crippen molar-refractivity contribution in [1.29, 1.82) is 0 Å². The second-order valence-corrected chi connectivity index (χ2v) is 8.06. The highest BCUT2D eigenvalue weighted by Crippen LogP contribution is 2.20. The molecule has 1 atom stereocenters. The summed E-state index contributed by atoms with van der Waals surface area (Å²) in [4.78, 5) is 0. The van der Waals surface area contributed by atoms with Crippen molar-refractivity contribution in [2.45, 2.75) is 65.3 Å². The Bertz CT molecular complexity index is 351. The molecule has 0 spiro atoms. The molecule has 0 aliphatic carbocycles. The fourth-order valence-electron chi connectivity index (χ4n) is 2.75. The van der Waals surface area contributed by atoms with Gasteiger partial charge in [-0.2, -0.15) is 4.31 Å². The van der Waals surface area contributed by atoms with E-state index in [0.717, 1.165) is 51.6 Å². The van der Waals surface area contributed by atoms with E-state index < -0.39 is 10.0 Å². The third kappa shape index (κ3) is 5.70. The Kier molecular flexibility index (Phi) is 8.07. The molecule has 1 aliphatic rings. The zero-order chi connectivity index (χ0) is 15.0. The molecule has 0 bridgehead atoms. The molecule has 1 fully saturated rings. The topological polar surface area (TPSA) is 49.4 Å². The number of unbranched alkanes of at least 4 members (excludes halogenated alkanes) is 1. The van der Waals surface area contributed by atoms with Crippen molar-refractivity contribution in [2.24, 2.45) is 5.92 Å². The quantitative estimate of drug-likeness (QED) is 0.712. The summed E-state index contributed by atoms with van der Waals surface area (Å²) < 4.78 is 26.9. The van der Waals surface area contributed by atoms with Crippen LogP contribution in [0.3, 0.4) is 0 Å². The molecule has 0 aromatic rings. The first-order valence-corrected chi connectivity index (χ1v) is 9.82. The minimum absolute atomic E-state index is 0.125. The molecule has 0 radical (unpaired) electrons. The molecule has 120 valence electrons. The van der Waals surface area contributed by atoms with Crippen LogP contribution in [0.2, 0.25) is 0 Å². The smallest absolute Gasteiger partial charge is 0.214 e. The highest BCUT2D eigenvalue weighted by atomic mass is 32.2. The number of rotatable bonds is 9. The van der Waals surface area contributed by atoms with Crippen LogP contribution in [0.1, 0.15) is 59.3 Å². The van der Waals surface area contributed by atoms with Crippen molar-refractivity contribution in [3.05, 3.63) is 0 Å². The fraction of sp³-hybridized carbons (Fsp3) is 1.00. The molecule has 0 aromatic carbocycles. The van der Waals surface area contributed by atoms with Crippen LogP contribution >= 0.6 is 0 Å². The molecular formula is C15H32N2O2S. The molecule has 1 heterocycles. The second-order valence-electron chi connectivity index (χ2n) is 6.02. The molecule has 1 saturated heterocycles. The van der Waals surface area contributed by atoms with E-state index in [4.69, 9.17) is 0 Å².